The second-order valence-corrected chi connectivity index (χ2v) is 4.76. The van der Waals surface area contributed by atoms with Crippen LogP contribution < -0.4 is 10.1 Å². The van der Waals surface area contributed by atoms with Crippen molar-refractivity contribution < 1.29 is 23.6 Å². The second kappa shape index (κ2) is 5.53. The van der Waals surface area contributed by atoms with E-state index in [0.29, 0.717) is 35.3 Å². The number of aromatic nitrogens is 1. The molecule has 110 valence electrons. The van der Waals surface area contributed by atoms with Gasteiger partial charge in [0.05, 0.1) is 5.92 Å². The quantitative estimate of drug-likeness (QED) is 0.675. The molecular formula is C14H14N2O5. The van der Waals surface area contributed by atoms with Gasteiger partial charge in [0.1, 0.15) is 5.69 Å². The number of fused-ring (bicyclic) bond motifs is 1. The number of nitrogens with zero attached hydrogens (tertiary/aromatic N) is 1. The number of hydrogen-bond acceptors (Lipinski definition) is 6. The number of hydrogen-bond donors (Lipinski definition) is 1. The second-order valence-electron chi connectivity index (χ2n) is 4.76. The molecule has 0 bridgehead atoms. The zero-order chi connectivity index (χ0) is 14.8. The maximum atomic E-state index is 11.9. The predicted molar refractivity (Wildman–Crippen MR) is 71.6 cm³/mol. The normalized spacial score (nSPS) is 18.8. The maximum absolute atomic E-state index is 11.9. The van der Waals surface area contributed by atoms with Crippen LogP contribution >= 0.6 is 0 Å². The fourth-order valence-corrected chi connectivity index (χ4v) is 2.40. The third kappa shape index (κ3) is 2.47. The summed E-state index contributed by atoms with van der Waals surface area (Å²) < 4.78 is 15.6. The Bertz CT molecular complexity index is 694. The van der Waals surface area contributed by atoms with E-state index in [-0.39, 0.29) is 18.6 Å². The Kier molecular flexibility index (Phi) is 3.57. The Hall–Kier alpha value is -2.41. The van der Waals surface area contributed by atoms with E-state index in [4.69, 9.17) is 14.0 Å². The number of carbonyl (C=O) groups excluding carboxylic acids is 2. The summed E-state index contributed by atoms with van der Waals surface area (Å²) in [6.07, 6.45) is 0.722. The van der Waals surface area contributed by atoms with E-state index in [1.807, 2.05) is 6.07 Å². The van der Waals surface area contributed by atoms with Gasteiger partial charge in [0.2, 0.25) is 17.4 Å². The summed E-state index contributed by atoms with van der Waals surface area (Å²) in [5.74, 6) is -0.583. The Balaban J connectivity index is 1.97. The van der Waals surface area contributed by atoms with Gasteiger partial charge in [-0.1, -0.05) is 11.2 Å². The van der Waals surface area contributed by atoms with Crippen LogP contribution in [0.4, 0.5) is 0 Å². The van der Waals surface area contributed by atoms with E-state index < -0.39 is 5.92 Å². The molecule has 1 aromatic heterocycles. The SMILES string of the molecule is COCOc1cccc2c(C3CCC(=O)NC3=O)noc12. The number of benzene rings is 1. The summed E-state index contributed by atoms with van der Waals surface area (Å²) >= 11 is 0. The molecule has 7 heteroatoms. The van der Waals surface area contributed by atoms with Gasteiger partial charge in [-0.2, -0.15) is 0 Å². The van der Waals surface area contributed by atoms with Crippen molar-refractivity contribution in [3.05, 3.63) is 23.9 Å². The van der Waals surface area contributed by atoms with E-state index in [1.165, 1.54) is 7.11 Å². The van der Waals surface area contributed by atoms with Crippen LogP contribution in [0.15, 0.2) is 22.7 Å². The molecule has 21 heavy (non-hydrogen) atoms. The first-order valence-corrected chi connectivity index (χ1v) is 6.54. The van der Waals surface area contributed by atoms with Crippen LogP contribution in [0.25, 0.3) is 11.0 Å². The number of amides is 2. The molecule has 1 aliphatic rings. The van der Waals surface area contributed by atoms with Crippen LogP contribution in [0.1, 0.15) is 24.5 Å². The number of imide groups is 1. The van der Waals surface area contributed by atoms with Gasteiger partial charge in [-0.15, -0.1) is 0 Å². The van der Waals surface area contributed by atoms with Crippen molar-refractivity contribution in [2.75, 3.05) is 13.9 Å². The zero-order valence-corrected chi connectivity index (χ0v) is 11.4. The van der Waals surface area contributed by atoms with E-state index in [0.717, 1.165) is 0 Å². The zero-order valence-electron chi connectivity index (χ0n) is 11.4. The highest BCUT2D eigenvalue weighted by molar-refractivity contribution is 6.02. The molecule has 1 aliphatic heterocycles. The van der Waals surface area contributed by atoms with Gasteiger partial charge in [0, 0.05) is 18.9 Å². The maximum Gasteiger partial charge on any atom is 0.235 e. The average molecular weight is 290 g/mol. The summed E-state index contributed by atoms with van der Waals surface area (Å²) in [5.41, 5.74) is 0.993. The van der Waals surface area contributed by atoms with Crippen molar-refractivity contribution in [1.82, 2.24) is 10.5 Å². The lowest BCUT2D eigenvalue weighted by Crippen LogP contribution is -2.39. The van der Waals surface area contributed by atoms with Gasteiger partial charge >= 0.3 is 0 Å². The highest BCUT2D eigenvalue weighted by Gasteiger charge is 2.32. The molecule has 0 radical (unpaired) electrons. The molecule has 1 saturated heterocycles. The molecule has 1 unspecified atom stereocenters. The molecule has 0 spiro atoms. The van der Waals surface area contributed by atoms with Crippen molar-refractivity contribution in [3.63, 3.8) is 0 Å². The molecule has 0 saturated carbocycles. The predicted octanol–water partition coefficient (Wildman–Crippen LogP) is 1.33. The first-order chi connectivity index (χ1) is 10.2. The molecule has 1 N–H and O–H groups in total. The van der Waals surface area contributed by atoms with Crippen LogP contribution in [0.3, 0.4) is 0 Å². The molecule has 7 nitrogen and oxygen atoms in total. The first-order valence-electron chi connectivity index (χ1n) is 6.54. The fraction of sp³-hybridized carbons (Fsp3) is 0.357. The fourth-order valence-electron chi connectivity index (χ4n) is 2.40. The number of methoxy groups -OCH3 is 1. The molecule has 3 rings (SSSR count). The van der Waals surface area contributed by atoms with Crippen LogP contribution in [0, 0.1) is 0 Å². The Morgan fingerprint density at radius 1 is 1.43 bits per heavy atom. The molecule has 2 amide bonds. The molecule has 2 aromatic rings. The lowest BCUT2D eigenvalue weighted by Gasteiger charge is -2.18. The highest BCUT2D eigenvalue weighted by Crippen LogP contribution is 2.34. The Morgan fingerprint density at radius 3 is 3.05 bits per heavy atom. The number of rotatable bonds is 4. The smallest absolute Gasteiger partial charge is 0.235 e. The number of nitrogens with one attached hydrogen (secondary N) is 1. The summed E-state index contributed by atoms with van der Waals surface area (Å²) in [6.45, 7) is 0.0908. The van der Waals surface area contributed by atoms with Gasteiger partial charge in [-0.25, -0.2) is 0 Å². The van der Waals surface area contributed by atoms with Crippen molar-refractivity contribution in [3.8, 4) is 5.75 Å². The molecule has 0 aliphatic carbocycles. The number of ether oxygens (including phenoxy) is 2. The topological polar surface area (TPSA) is 90.7 Å². The summed E-state index contributed by atoms with van der Waals surface area (Å²) in [4.78, 5) is 23.2. The minimum atomic E-state index is -0.485. The van der Waals surface area contributed by atoms with Crippen molar-refractivity contribution in [1.29, 1.82) is 0 Å². The Labute approximate surface area is 120 Å². The largest absolute Gasteiger partial charge is 0.464 e. The first kappa shape index (κ1) is 13.6. The van der Waals surface area contributed by atoms with Gasteiger partial charge in [0.15, 0.2) is 12.5 Å². The van der Waals surface area contributed by atoms with E-state index in [2.05, 4.69) is 10.5 Å². The van der Waals surface area contributed by atoms with Gasteiger partial charge in [-0.05, 0) is 18.6 Å². The summed E-state index contributed by atoms with van der Waals surface area (Å²) in [6, 6.07) is 5.34. The van der Waals surface area contributed by atoms with Crippen molar-refractivity contribution in [2.24, 2.45) is 0 Å². The van der Waals surface area contributed by atoms with Crippen LogP contribution in [0.2, 0.25) is 0 Å². The third-order valence-corrected chi connectivity index (χ3v) is 3.39. The van der Waals surface area contributed by atoms with Crippen LogP contribution in [-0.2, 0) is 14.3 Å². The van der Waals surface area contributed by atoms with Gasteiger partial charge < -0.3 is 14.0 Å². The van der Waals surface area contributed by atoms with E-state index in [9.17, 15) is 9.59 Å². The molecule has 1 atom stereocenters. The average Bonchev–Trinajstić information content (AvgIpc) is 2.89. The standard InChI is InChI=1S/C14H14N2O5/c1-19-7-20-10-4-2-3-8-12(16-21-13(8)10)9-5-6-11(17)15-14(9)18/h2-4,9H,5-7H2,1H3,(H,15,17,18). The molecule has 1 aromatic carbocycles. The highest BCUT2D eigenvalue weighted by atomic mass is 16.7. The van der Waals surface area contributed by atoms with Crippen molar-refractivity contribution >= 4 is 22.8 Å². The third-order valence-electron chi connectivity index (χ3n) is 3.39. The Morgan fingerprint density at radius 2 is 2.29 bits per heavy atom. The lowest BCUT2D eigenvalue weighted by molar-refractivity contribution is -0.134. The minimum absolute atomic E-state index is 0.0908. The summed E-state index contributed by atoms with van der Waals surface area (Å²) in [7, 11) is 1.52. The van der Waals surface area contributed by atoms with Crippen LogP contribution in [-0.4, -0.2) is 30.9 Å². The van der Waals surface area contributed by atoms with Crippen molar-refractivity contribution in [2.45, 2.75) is 18.8 Å². The molecule has 2 heterocycles. The molecule has 1 fully saturated rings. The van der Waals surface area contributed by atoms with E-state index >= 15 is 0 Å². The van der Waals surface area contributed by atoms with Gasteiger partial charge in [-0.3, -0.25) is 14.9 Å². The number of para-hydroxylation sites is 1. The number of carbonyl (C=O) groups is 2. The monoisotopic (exact) mass is 290 g/mol. The minimum Gasteiger partial charge on any atom is -0.464 e. The van der Waals surface area contributed by atoms with Crippen LogP contribution in [0.5, 0.6) is 5.75 Å². The molecular weight excluding hydrogens is 276 g/mol. The van der Waals surface area contributed by atoms with E-state index in [1.54, 1.807) is 12.1 Å². The summed E-state index contributed by atoms with van der Waals surface area (Å²) in [5, 5.41) is 7.02. The lowest BCUT2D eigenvalue weighted by atomic mass is 9.93. The van der Waals surface area contributed by atoms with Gasteiger partial charge in [0.25, 0.3) is 0 Å². The number of piperidine rings is 1.